The number of allylic oxidation sites excluding steroid dienone is 1. The van der Waals surface area contributed by atoms with Crippen molar-refractivity contribution in [3.63, 3.8) is 0 Å². The minimum Gasteiger partial charge on any atom is -0.487 e. The van der Waals surface area contributed by atoms with E-state index in [2.05, 4.69) is 91.5 Å². The largest absolute Gasteiger partial charge is 0.487 e. The fourth-order valence-electron chi connectivity index (χ4n) is 4.27. The van der Waals surface area contributed by atoms with Crippen molar-refractivity contribution >= 4 is 24.0 Å². The van der Waals surface area contributed by atoms with Crippen LogP contribution in [-0.2, 0) is 13.2 Å². The molecule has 4 heteroatoms. The third kappa shape index (κ3) is 5.75. The number of hydrogen-bond donors (Lipinski definition) is 0. The van der Waals surface area contributed by atoms with Crippen LogP contribution < -0.4 is 4.74 Å². The number of carbonyl (C=O) groups excluding carboxylic acids is 1. The normalized spacial score (nSPS) is 11.2. The van der Waals surface area contributed by atoms with Gasteiger partial charge in [-0.15, -0.1) is 0 Å². The number of aromatic nitrogens is 1. The maximum absolute atomic E-state index is 11.2. The lowest BCUT2D eigenvalue weighted by Crippen LogP contribution is -2.01. The van der Waals surface area contributed by atoms with Gasteiger partial charge in [-0.1, -0.05) is 60.2 Å². The minimum atomic E-state index is 0.400. The Kier molecular flexibility index (Phi) is 7.89. The Hall–Kier alpha value is -3.56. The highest BCUT2D eigenvalue weighted by Crippen LogP contribution is 2.32. The molecule has 0 aliphatic carbocycles. The summed E-state index contributed by atoms with van der Waals surface area (Å²) in [5, 5.41) is 0.443. The molecule has 35 heavy (non-hydrogen) atoms. The summed E-state index contributed by atoms with van der Waals surface area (Å²) >= 11 is 6.34. The third-order valence-corrected chi connectivity index (χ3v) is 6.76. The van der Waals surface area contributed by atoms with Crippen LogP contribution in [0.4, 0.5) is 0 Å². The Bertz CT molecular complexity index is 1350. The molecular formula is C31H30ClNO2. The van der Waals surface area contributed by atoms with E-state index in [0.717, 1.165) is 30.4 Å². The Morgan fingerprint density at radius 3 is 2.34 bits per heavy atom. The molecule has 1 heterocycles. The van der Waals surface area contributed by atoms with Crippen molar-refractivity contribution in [2.45, 2.75) is 40.3 Å². The Balaban J connectivity index is 1.52. The molecule has 178 valence electrons. The maximum Gasteiger partial charge on any atom is 0.150 e. The molecule has 0 aliphatic heterocycles. The van der Waals surface area contributed by atoms with Crippen molar-refractivity contribution in [2.75, 3.05) is 0 Å². The van der Waals surface area contributed by atoms with Crippen LogP contribution in [0.15, 0.2) is 79.1 Å². The Labute approximate surface area is 212 Å². The van der Waals surface area contributed by atoms with Gasteiger partial charge in [-0.3, -0.25) is 4.79 Å². The molecule has 4 aromatic rings. The van der Waals surface area contributed by atoms with Gasteiger partial charge >= 0.3 is 0 Å². The van der Waals surface area contributed by atoms with Gasteiger partial charge in [0.1, 0.15) is 18.6 Å². The highest BCUT2D eigenvalue weighted by Gasteiger charge is 2.12. The maximum atomic E-state index is 11.2. The van der Waals surface area contributed by atoms with Crippen molar-refractivity contribution in [3.05, 3.63) is 118 Å². The average molecular weight is 484 g/mol. The van der Waals surface area contributed by atoms with Crippen LogP contribution in [0.5, 0.6) is 5.75 Å². The van der Waals surface area contributed by atoms with E-state index in [4.69, 9.17) is 16.3 Å². The number of ether oxygens (including phenoxy) is 1. The van der Waals surface area contributed by atoms with Gasteiger partial charge in [0.05, 0.1) is 5.02 Å². The first-order valence-electron chi connectivity index (χ1n) is 11.8. The number of aldehydes is 1. The first-order valence-corrected chi connectivity index (χ1v) is 12.2. The number of halogens is 1. The summed E-state index contributed by atoms with van der Waals surface area (Å²) in [4.78, 5) is 11.2. The zero-order valence-corrected chi connectivity index (χ0v) is 21.2. The van der Waals surface area contributed by atoms with Gasteiger partial charge in [-0.2, -0.15) is 0 Å². The summed E-state index contributed by atoms with van der Waals surface area (Å²) in [5.74, 6) is 0.586. The van der Waals surface area contributed by atoms with E-state index in [0.29, 0.717) is 22.9 Å². The van der Waals surface area contributed by atoms with E-state index in [1.807, 2.05) is 13.0 Å². The number of aryl methyl sites for hydroxylation is 2. The van der Waals surface area contributed by atoms with Crippen LogP contribution in [0.25, 0.3) is 17.2 Å². The van der Waals surface area contributed by atoms with E-state index in [9.17, 15) is 4.79 Å². The molecule has 0 amide bonds. The van der Waals surface area contributed by atoms with E-state index in [-0.39, 0.29) is 0 Å². The van der Waals surface area contributed by atoms with E-state index in [1.54, 1.807) is 6.07 Å². The molecule has 0 unspecified atom stereocenters. The second kappa shape index (κ2) is 11.2. The monoisotopic (exact) mass is 483 g/mol. The Morgan fingerprint density at radius 2 is 1.60 bits per heavy atom. The van der Waals surface area contributed by atoms with Gasteiger partial charge < -0.3 is 9.30 Å². The average Bonchev–Trinajstić information content (AvgIpc) is 3.37. The summed E-state index contributed by atoms with van der Waals surface area (Å²) in [6.07, 6.45) is 10.4. The number of rotatable bonds is 9. The van der Waals surface area contributed by atoms with E-state index >= 15 is 0 Å². The molecule has 0 fully saturated rings. The number of nitrogens with zero attached hydrogens (tertiary/aromatic N) is 1. The van der Waals surface area contributed by atoms with Gasteiger partial charge in [-0.25, -0.2) is 0 Å². The van der Waals surface area contributed by atoms with Crippen LogP contribution in [0.1, 0.15) is 44.6 Å². The molecular weight excluding hydrogens is 454 g/mol. The fourth-order valence-corrected chi connectivity index (χ4v) is 4.50. The smallest absolute Gasteiger partial charge is 0.150 e. The number of benzene rings is 3. The van der Waals surface area contributed by atoms with Crippen molar-refractivity contribution in [2.24, 2.45) is 0 Å². The van der Waals surface area contributed by atoms with E-state index in [1.165, 1.54) is 27.8 Å². The van der Waals surface area contributed by atoms with Gasteiger partial charge in [0.25, 0.3) is 0 Å². The van der Waals surface area contributed by atoms with Crippen molar-refractivity contribution < 1.29 is 9.53 Å². The molecule has 0 atom stereocenters. The quantitative estimate of drug-likeness (QED) is 0.224. The van der Waals surface area contributed by atoms with Gasteiger partial charge in [-0.05, 0) is 90.4 Å². The summed E-state index contributed by atoms with van der Waals surface area (Å²) in [7, 11) is 0. The zero-order chi connectivity index (χ0) is 24.8. The molecule has 3 aromatic carbocycles. The standard InChI is InChI=1S/C31H30ClNO2/c1-22-18-31(30(32)19-27(22)20-34)35-21-26-12-9-14-29(24(26)3)28-13-8-11-25(23(28)2)10-4-5-15-33-16-6-7-17-33/h4,6-14,16-20H,5,15,21H2,1-3H3. The summed E-state index contributed by atoms with van der Waals surface area (Å²) in [5.41, 5.74) is 8.62. The molecule has 1 aromatic heterocycles. The predicted octanol–water partition coefficient (Wildman–Crippen LogP) is 8.23. The van der Waals surface area contributed by atoms with Crippen molar-refractivity contribution in [3.8, 4) is 16.9 Å². The highest BCUT2D eigenvalue weighted by atomic mass is 35.5. The van der Waals surface area contributed by atoms with E-state index < -0.39 is 0 Å². The Morgan fingerprint density at radius 1 is 0.886 bits per heavy atom. The number of carbonyl (C=O) groups is 1. The SMILES string of the molecule is Cc1cc(OCc2cccc(-c3cccc(C=CCCn4cccc4)c3C)c2C)c(Cl)cc1C=O. The summed E-state index contributed by atoms with van der Waals surface area (Å²) in [6, 6.07) is 20.4. The van der Waals surface area contributed by atoms with Crippen LogP contribution >= 0.6 is 11.6 Å². The van der Waals surface area contributed by atoms with Crippen LogP contribution in [0.2, 0.25) is 5.02 Å². The molecule has 4 rings (SSSR count). The first-order chi connectivity index (χ1) is 17.0. The van der Waals surface area contributed by atoms with Crippen molar-refractivity contribution in [1.29, 1.82) is 0 Å². The highest BCUT2D eigenvalue weighted by molar-refractivity contribution is 6.32. The van der Waals surface area contributed by atoms with Gasteiger partial charge in [0.15, 0.2) is 0 Å². The lowest BCUT2D eigenvalue weighted by molar-refractivity contribution is 0.112. The molecule has 0 bridgehead atoms. The van der Waals surface area contributed by atoms with Crippen LogP contribution in [0, 0.1) is 20.8 Å². The molecule has 0 saturated heterocycles. The molecule has 0 saturated carbocycles. The minimum absolute atomic E-state index is 0.400. The number of hydrogen-bond acceptors (Lipinski definition) is 2. The van der Waals surface area contributed by atoms with Gasteiger partial charge in [0, 0.05) is 24.5 Å². The molecule has 0 radical (unpaired) electrons. The van der Waals surface area contributed by atoms with Crippen molar-refractivity contribution in [1.82, 2.24) is 4.57 Å². The molecule has 0 aliphatic rings. The lowest BCUT2D eigenvalue weighted by atomic mass is 9.91. The van der Waals surface area contributed by atoms with Crippen LogP contribution in [-0.4, -0.2) is 10.9 Å². The molecule has 0 spiro atoms. The summed E-state index contributed by atoms with van der Waals surface area (Å²) < 4.78 is 8.25. The predicted molar refractivity (Wildman–Crippen MR) is 145 cm³/mol. The first kappa shape index (κ1) is 24.6. The topological polar surface area (TPSA) is 31.2 Å². The lowest BCUT2D eigenvalue weighted by Gasteiger charge is -2.16. The molecule has 0 N–H and O–H groups in total. The fraction of sp³-hybridized carbons (Fsp3) is 0.194. The second-order valence-corrected chi connectivity index (χ2v) is 9.17. The van der Waals surface area contributed by atoms with Gasteiger partial charge in [0.2, 0.25) is 0 Å². The second-order valence-electron chi connectivity index (χ2n) is 8.77. The van der Waals surface area contributed by atoms with Crippen LogP contribution in [0.3, 0.4) is 0 Å². The third-order valence-electron chi connectivity index (χ3n) is 6.46. The summed E-state index contributed by atoms with van der Waals surface area (Å²) in [6.45, 7) is 7.57. The molecule has 3 nitrogen and oxygen atoms in total. The zero-order valence-electron chi connectivity index (χ0n) is 20.4.